The highest BCUT2D eigenvalue weighted by Gasteiger charge is 2.26. The van der Waals surface area contributed by atoms with Gasteiger partial charge in [0.25, 0.3) is 0 Å². The van der Waals surface area contributed by atoms with Crippen LogP contribution in [0.25, 0.3) is 0 Å². The summed E-state index contributed by atoms with van der Waals surface area (Å²) in [6.07, 6.45) is 6.96. The highest BCUT2D eigenvalue weighted by molar-refractivity contribution is 5.88. The van der Waals surface area contributed by atoms with Crippen molar-refractivity contribution in [3.63, 3.8) is 0 Å². The summed E-state index contributed by atoms with van der Waals surface area (Å²) in [6.45, 7) is 7.09. The van der Waals surface area contributed by atoms with E-state index in [0.29, 0.717) is 12.1 Å². The van der Waals surface area contributed by atoms with Crippen molar-refractivity contribution in [2.24, 2.45) is 0 Å². The molecule has 0 bridgehead atoms. The third kappa shape index (κ3) is 3.47. The number of piperidine rings is 1. The van der Waals surface area contributed by atoms with Gasteiger partial charge >= 0.3 is 6.03 Å². The Morgan fingerprint density at radius 2 is 2.11 bits per heavy atom. The van der Waals surface area contributed by atoms with Gasteiger partial charge in [-0.05, 0) is 33.6 Å². The fourth-order valence-electron chi connectivity index (χ4n) is 2.52. The van der Waals surface area contributed by atoms with E-state index in [4.69, 9.17) is 0 Å². The number of aromatic nitrogens is 2. The van der Waals surface area contributed by atoms with Crippen molar-refractivity contribution in [1.82, 2.24) is 20.2 Å². The number of hydrogen-bond donors (Lipinski definition) is 2. The van der Waals surface area contributed by atoms with E-state index in [0.717, 1.165) is 25.1 Å². The number of anilines is 1. The van der Waals surface area contributed by atoms with Crippen LogP contribution in [0.15, 0.2) is 12.4 Å². The summed E-state index contributed by atoms with van der Waals surface area (Å²) in [5, 5.41) is 8.98. The summed E-state index contributed by atoms with van der Waals surface area (Å²) in [5.41, 5.74) is 3.66. The average Bonchev–Trinajstić information content (AvgIpc) is 2.81. The van der Waals surface area contributed by atoms with Gasteiger partial charge < -0.3 is 5.32 Å². The lowest BCUT2D eigenvalue weighted by molar-refractivity contribution is 0.0625. The molecule has 19 heavy (non-hydrogen) atoms. The standard InChI is InChI=1S/C13H23N5O/c1-4-17-9-12(8-14-17)15-13(19)16-18-10(2)6-5-7-11(18)3/h8-11H,4-7H2,1-3H3,(H2,15,16,19)/t10-,11-/m0/s1. The molecule has 1 aliphatic heterocycles. The Hall–Kier alpha value is -1.56. The predicted octanol–water partition coefficient (Wildman–Crippen LogP) is 2.20. The minimum atomic E-state index is -0.198. The predicted molar refractivity (Wildman–Crippen MR) is 74.7 cm³/mol. The van der Waals surface area contributed by atoms with Gasteiger partial charge in [0.15, 0.2) is 0 Å². The van der Waals surface area contributed by atoms with Gasteiger partial charge in [-0.15, -0.1) is 0 Å². The molecule has 0 spiro atoms. The number of hydrazine groups is 1. The van der Waals surface area contributed by atoms with E-state index in [2.05, 4.69) is 29.7 Å². The zero-order chi connectivity index (χ0) is 13.8. The number of aryl methyl sites for hydroxylation is 1. The molecule has 6 nitrogen and oxygen atoms in total. The quantitative estimate of drug-likeness (QED) is 0.880. The number of amides is 2. The smallest absolute Gasteiger partial charge is 0.304 e. The molecular weight excluding hydrogens is 242 g/mol. The van der Waals surface area contributed by atoms with Crippen LogP contribution in [-0.4, -0.2) is 32.9 Å². The second-order valence-corrected chi connectivity index (χ2v) is 5.19. The molecule has 106 valence electrons. The summed E-state index contributed by atoms with van der Waals surface area (Å²) < 4.78 is 1.78. The largest absolute Gasteiger partial charge is 0.333 e. The molecular formula is C13H23N5O. The van der Waals surface area contributed by atoms with Gasteiger partial charge in [0.2, 0.25) is 0 Å². The number of carbonyl (C=O) groups excluding carboxylic acids is 1. The third-order valence-electron chi connectivity index (χ3n) is 3.64. The molecule has 1 aromatic rings. The molecule has 0 aromatic carbocycles. The molecule has 2 heterocycles. The van der Waals surface area contributed by atoms with Crippen molar-refractivity contribution in [2.75, 3.05) is 5.32 Å². The highest BCUT2D eigenvalue weighted by Crippen LogP contribution is 2.20. The molecule has 6 heteroatoms. The van der Waals surface area contributed by atoms with Gasteiger partial charge in [0, 0.05) is 24.8 Å². The Morgan fingerprint density at radius 3 is 2.68 bits per heavy atom. The van der Waals surface area contributed by atoms with E-state index in [1.165, 1.54) is 6.42 Å². The summed E-state index contributed by atoms with van der Waals surface area (Å²) in [5.74, 6) is 0. The van der Waals surface area contributed by atoms with Crippen molar-refractivity contribution in [2.45, 2.75) is 58.7 Å². The van der Waals surface area contributed by atoms with Gasteiger partial charge in [-0.25, -0.2) is 9.80 Å². The van der Waals surface area contributed by atoms with Crippen LogP contribution in [0.5, 0.6) is 0 Å². The summed E-state index contributed by atoms with van der Waals surface area (Å²) in [4.78, 5) is 12.0. The maximum absolute atomic E-state index is 12.0. The maximum Gasteiger partial charge on any atom is 0.333 e. The average molecular weight is 265 g/mol. The zero-order valence-corrected chi connectivity index (χ0v) is 11.9. The van der Waals surface area contributed by atoms with E-state index < -0.39 is 0 Å². The molecule has 0 radical (unpaired) electrons. The SMILES string of the molecule is CCn1cc(NC(=O)NN2[C@@H](C)CCC[C@@H]2C)cn1. The van der Waals surface area contributed by atoms with Crippen molar-refractivity contribution in [3.05, 3.63) is 12.4 Å². The minimum absolute atomic E-state index is 0.198. The van der Waals surface area contributed by atoms with E-state index in [1.807, 2.05) is 18.1 Å². The van der Waals surface area contributed by atoms with Crippen molar-refractivity contribution in [1.29, 1.82) is 0 Å². The first-order valence-corrected chi connectivity index (χ1v) is 6.98. The van der Waals surface area contributed by atoms with Gasteiger partial charge in [-0.2, -0.15) is 5.10 Å². The molecule has 1 aromatic heterocycles. The number of rotatable bonds is 3. The van der Waals surface area contributed by atoms with Crippen molar-refractivity contribution >= 4 is 11.7 Å². The van der Waals surface area contributed by atoms with Crippen LogP contribution in [-0.2, 0) is 6.54 Å². The topological polar surface area (TPSA) is 62.2 Å². The molecule has 2 N–H and O–H groups in total. The van der Waals surface area contributed by atoms with E-state index in [1.54, 1.807) is 10.9 Å². The first-order valence-electron chi connectivity index (χ1n) is 6.98. The van der Waals surface area contributed by atoms with Crippen LogP contribution in [0.3, 0.4) is 0 Å². The molecule has 1 saturated heterocycles. The Kier molecular flexibility index (Phi) is 4.42. The Morgan fingerprint density at radius 1 is 1.42 bits per heavy atom. The molecule has 1 aliphatic rings. The zero-order valence-electron chi connectivity index (χ0n) is 11.9. The molecule has 2 atom stereocenters. The third-order valence-corrected chi connectivity index (χ3v) is 3.64. The van der Waals surface area contributed by atoms with Gasteiger partial charge in [0.1, 0.15) is 0 Å². The van der Waals surface area contributed by atoms with Crippen LogP contribution in [0.2, 0.25) is 0 Å². The number of carbonyl (C=O) groups is 1. The van der Waals surface area contributed by atoms with Crippen LogP contribution in [0, 0.1) is 0 Å². The monoisotopic (exact) mass is 265 g/mol. The first-order chi connectivity index (χ1) is 9.10. The lowest BCUT2D eigenvalue weighted by Gasteiger charge is -2.38. The number of urea groups is 1. The molecule has 1 fully saturated rings. The Labute approximate surface area is 114 Å². The van der Waals surface area contributed by atoms with Crippen LogP contribution >= 0.6 is 0 Å². The molecule has 2 rings (SSSR count). The van der Waals surface area contributed by atoms with Crippen molar-refractivity contribution in [3.8, 4) is 0 Å². The fraction of sp³-hybridized carbons (Fsp3) is 0.692. The second-order valence-electron chi connectivity index (χ2n) is 5.19. The van der Waals surface area contributed by atoms with E-state index in [-0.39, 0.29) is 6.03 Å². The number of hydrogen-bond acceptors (Lipinski definition) is 3. The first kappa shape index (κ1) is 13.9. The van der Waals surface area contributed by atoms with Gasteiger partial charge in [-0.3, -0.25) is 10.1 Å². The fourth-order valence-corrected chi connectivity index (χ4v) is 2.52. The Balaban J connectivity index is 1.89. The highest BCUT2D eigenvalue weighted by atomic mass is 16.2. The van der Waals surface area contributed by atoms with Crippen molar-refractivity contribution < 1.29 is 4.79 Å². The lowest BCUT2D eigenvalue weighted by atomic mass is 10.00. The molecule has 0 aliphatic carbocycles. The molecule has 0 unspecified atom stereocenters. The summed E-state index contributed by atoms with van der Waals surface area (Å²) >= 11 is 0. The van der Waals surface area contributed by atoms with E-state index in [9.17, 15) is 4.79 Å². The van der Waals surface area contributed by atoms with Gasteiger partial charge in [0.05, 0.1) is 11.9 Å². The van der Waals surface area contributed by atoms with Crippen LogP contribution in [0.4, 0.5) is 10.5 Å². The van der Waals surface area contributed by atoms with E-state index >= 15 is 0 Å². The summed E-state index contributed by atoms with van der Waals surface area (Å²) in [7, 11) is 0. The molecule has 2 amide bonds. The summed E-state index contributed by atoms with van der Waals surface area (Å²) in [6, 6.07) is 0.567. The van der Waals surface area contributed by atoms with Crippen LogP contribution in [0.1, 0.15) is 40.0 Å². The number of nitrogens with one attached hydrogen (secondary N) is 2. The molecule has 0 saturated carbocycles. The minimum Gasteiger partial charge on any atom is -0.304 e. The second kappa shape index (κ2) is 6.06. The van der Waals surface area contributed by atoms with Gasteiger partial charge in [-0.1, -0.05) is 6.42 Å². The Bertz CT molecular complexity index is 420. The normalized spacial score (nSPS) is 24.2. The maximum atomic E-state index is 12.0. The van der Waals surface area contributed by atoms with Crippen LogP contribution < -0.4 is 10.7 Å². The number of nitrogens with zero attached hydrogens (tertiary/aromatic N) is 3. The lowest BCUT2D eigenvalue weighted by Crippen LogP contribution is -2.55.